The van der Waals surface area contributed by atoms with Gasteiger partial charge >= 0.3 is 0 Å². The summed E-state index contributed by atoms with van der Waals surface area (Å²) in [5.41, 5.74) is 8.35. The van der Waals surface area contributed by atoms with Gasteiger partial charge in [-0.25, -0.2) is 0 Å². The van der Waals surface area contributed by atoms with Crippen LogP contribution in [0, 0.1) is 0 Å². The molecule has 18 heavy (non-hydrogen) atoms. The molecule has 0 bridgehead atoms. The van der Waals surface area contributed by atoms with E-state index in [-0.39, 0.29) is 6.04 Å². The van der Waals surface area contributed by atoms with E-state index in [2.05, 4.69) is 30.4 Å². The van der Waals surface area contributed by atoms with E-state index in [4.69, 9.17) is 10.5 Å². The Kier molecular flexibility index (Phi) is 6.76. The van der Waals surface area contributed by atoms with Crippen molar-refractivity contribution in [2.24, 2.45) is 5.73 Å². The summed E-state index contributed by atoms with van der Waals surface area (Å²) in [6, 6.07) is 6.73. The molecule has 0 aliphatic carbocycles. The highest BCUT2D eigenvalue weighted by Crippen LogP contribution is 2.20. The van der Waals surface area contributed by atoms with Crippen molar-refractivity contribution in [1.29, 1.82) is 0 Å². The quantitative estimate of drug-likeness (QED) is 0.695. The molecule has 0 heterocycles. The number of nitrogens with two attached hydrogens (primary N) is 1. The minimum atomic E-state index is 0.283. The van der Waals surface area contributed by atoms with Gasteiger partial charge in [0.1, 0.15) is 5.75 Å². The Morgan fingerprint density at radius 3 is 2.72 bits per heavy atom. The van der Waals surface area contributed by atoms with Crippen molar-refractivity contribution in [1.82, 2.24) is 5.32 Å². The van der Waals surface area contributed by atoms with Crippen LogP contribution in [0.1, 0.15) is 31.4 Å². The number of hydrogen-bond acceptors (Lipinski definition) is 3. The lowest BCUT2D eigenvalue weighted by Gasteiger charge is -2.10. The lowest BCUT2D eigenvalue weighted by molar-refractivity contribution is 0.410. The normalized spacial score (nSPS) is 12.4. The molecule has 3 N–H and O–H groups in total. The summed E-state index contributed by atoms with van der Waals surface area (Å²) in [5, 5.41) is 3.42. The SMILES string of the molecule is CCc1cc(CCNCCC(C)N)ccc1OC. The molecule has 0 radical (unpaired) electrons. The minimum Gasteiger partial charge on any atom is -0.496 e. The van der Waals surface area contributed by atoms with Crippen molar-refractivity contribution < 1.29 is 4.74 Å². The van der Waals surface area contributed by atoms with Gasteiger partial charge in [-0.3, -0.25) is 0 Å². The molecule has 3 nitrogen and oxygen atoms in total. The van der Waals surface area contributed by atoms with Gasteiger partial charge in [-0.15, -0.1) is 0 Å². The van der Waals surface area contributed by atoms with E-state index in [9.17, 15) is 0 Å². The van der Waals surface area contributed by atoms with Crippen LogP contribution in [0.15, 0.2) is 18.2 Å². The molecule has 0 saturated carbocycles. The van der Waals surface area contributed by atoms with Crippen LogP contribution in [0.2, 0.25) is 0 Å². The molecule has 0 spiro atoms. The molecule has 0 fully saturated rings. The molecule has 3 heteroatoms. The molecule has 1 atom stereocenters. The monoisotopic (exact) mass is 250 g/mol. The molecular formula is C15H26N2O. The zero-order valence-electron chi connectivity index (χ0n) is 11.8. The lowest BCUT2D eigenvalue weighted by atomic mass is 10.1. The zero-order chi connectivity index (χ0) is 13.4. The van der Waals surface area contributed by atoms with Crippen LogP contribution < -0.4 is 15.8 Å². The van der Waals surface area contributed by atoms with Crippen molar-refractivity contribution in [2.45, 2.75) is 39.2 Å². The summed E-state index contributed by atoms with van der Waals surface area (Å²) in [7, 11) is 1.73. The molecule has 0 aromatic heterocycles. The van der Waals surface area contributed by atoms with Crippen LogP contribution in [0.4, 0.5) is 0 Å². The number of benzene rings is 1. The highest BCUT2D eigenvalue weighted by atomic mass is 16.5. The predicted molar refractivity (Wildman–Crippen MR) is 77.2 cm³/mol. The maximum atomic E-state index is 5.70. The van der Waals surface area contributed by atoms with E-state index < -0.39 is 0 Å². The first-order valence-corrected chi connectivity index (χ1v) is 6.79. The molecule has 1 aromatic rings. The molecule has 1 rings (SSSR count). The second kappa shape index (κ2) is 8.11. The first-order chi connectivity index (χ1) is 8.67. The van der Waals surface area contributed by atoms with Crippen LogP contribution in [-0.2, 0) is 12.8 Å². The second-order valence-electron chi connectivity index (χ2n) is 4.77. The van der Waals surface area contributed by atoms with Gasteiger partial charge in [-0.05, 0) is 56.5 Å². The smallest absolute Gasteiger partial charge is 0.122 e. The third-order valence-corrected chi connectivity index (χ3v) is 3.09. The Morgan fingerprint density at radius 1 is 1.33 bits per heavy atom. The van der Waals surface area contributed by atoms with Gasteiger partial charge in [0.2, 0.25) is 0 Å². The summed E-state index contributed by atoms with van der Waals surface area (Å²) < 4.78 is 5.33. The number of ether oxygens (including phenoxy) is 1. The van der Waals surface area contributed by atoms with Crippen LogP contribution in [0.3, 0.4) is 0 Å². The number of nitrogens with one attached hydrogen (secondary N) is 1. The highest BCUT2D eigenvalue weighted by Gasteiger charge is 2.02. The fourth-order valence-corrected chi connectivity index (χ4v) is 1.95. The predicted octanol–water partition coefficient (Wildman–Crippen LogP) is 2.13. The van der Waals surface area contributed by atoms with E-state index in [1.165, 1.54) is 11.1 Å². The van der Waals surface area contributed by atoms with Crippen LogP contribution in [0.25, 0.3) is 0 Å². The van der Waals surface area contributed by atoms with Crippen LogP contribution in [0.5, 0.6) is 5.75 Å². The molecule has 0 aliphatic rings. The minimum absolute atomic E-state index is 0.283. The first-order valence-electron chi connectivity index (χ1n) is 6.79. The third kappa shape index (κ3) is 5.07. The summed E-state index contributed by atoms with van der Waals surface area (Å²) in [5.74, 6) is 0.992. The third-order valence-electron chi connectivity index (χ3n) is 3.09. The van der Waals surface area contributed by atoms with Crippen LogP contribution >= 0.6 is 0 Å². The Hall–Kier alpha value is -1.06. The van der Waals surface area contributed by atoms with E-state index >= 15 is 0 Å². The Balaban J connectivity index is 2.38. The Labute approximate surface area is 111 Å². The molecular weight excluding hydrogens is 224 g/mol. The first kappa shape index (κ1) is 15.0. The zero-order valence-corrected chi connectivity index (χ0v) is 11.8. The molecule has 102 valence electrons. The van der Waals surface area contributed by atoms with Gasteiger partial charge in [-0.1, -0.05) is 19.1 Å². The average molecular weight is 250 g/mol. The van der Waals surface area contributed by atoms with Crippen molar-refractivity contribution in [3.63, 3.8) is 0 Å². The van der Waals surface area contributed by atoms with Crippen LogP contribution in [-0.4, -0.2) is 26.2 Å². The Morgan fingerprint density at radius 2 is 2.11 bits per heavy atom. The Bertz CT molecular complexity index is 350. The van der Waals surface area contributed by atoms with Crippen molar-refractivity contribution in [2.75, 3.05) is 20.2 Å². The average Bonchev–Trinajstić information content (AvgIpc) is 2.37. The summed E-state index contributed by atoms with van der Waals surface area (Å²) in [6.45, 7) is 6.19. The largest absolute Gasteiger partial charge is 0.496 e. The van der Waals surface area contributed by atoms with Gasteiger partial charge in [-0.2, -0.15) is 0 Å². The maximum absolute atomic E-state index is 5.70. The maximum Gasteiger partial charge on any atom is 0.122 e. The molecule has 1 aromatic carbocycles. The van der Waals surface area contributed by atoms with Crippen molar-refractivity contribution >= 4 is 0 Å². The molecule has 0 saturated heterocycles. The fourth-order valence-electron chi connectivity index (χ4n) is 1.95. The standard InChI is InChI=1S/C15H26N2O/c1-4-14-11-13(5-6-15(14)18-3)8-10-17-9-7-12(2)16/h5-6,11-12,17H,4,7-10,16H2,1-3H3. The number of methoxy groups -OCH3 is 1. The van der Waals surface area contributed by atoms with E-state index in [0.717, 1.165) is 38.1 Å². The molecule has 0 aliphatic heterocycles. The van der Waals surface area contributed by atoms with Gasteiger partial charge in [0, 0.05) is 6.04 Å². The summed E-state index contributed by atoms with van der Waals surface area (Å²) in [6.07, 6.45) is 3.09. The molecule has 0 amide bonds. The van der Waals surface area contributed by atoms with Gasteiger partial charge < -0.3 is 15.8 Å². The van der Waals surface area contributed by atoms with E-state index in [0.29, 0.717) is 0 Å². The van der Waals surface area contributed by atoms with Crippen molar-refractivity contribution in [3.05, 3.63) is 29.3 Å². The molecule has 1 unspecified atom stereocenters. The summed E-state index contributed by atoms with van der Waals surface area (Å²) in [4.78, 5) is 0. The van der Waals surface area contributed by atoms with Gasteiger partial charge in [0.15, 0.2) is 0 Å². The number of hydrogen-bond donors (Lipinski definition) is 2. The van der Waals surface area contributed by atoms with Gasteiger partial charge in [0.05, 0.1) is 7.11 Å². The topological polar surface area (TPSA) is 47.3 Å². The number of aryl methyl sites for hydroxylation is 1. The van der Waals surface area contributed by atoms with Gasteiger partial charge in [0.25, 0.3) is 0 Å². The van der Waals surface area contributed by atoms with E-state index in [1.807, 2.05) is 6.92 Å². The summed E-state index contributed by atoms with van der Waals surface area (Å²) >= 11 is 0. The van der Waals surface area contributed by atoms with E-state index in [1.54, 1.807) is 7.11 Å². The lowest BCUT2D eigenvalue weighted by Crippen LogP contribution is -2.25. The highest BCUT2D eigenvalue weighted by molar-refractivity contribution is 5.37. The number of rotatable bonds is 8. The fraction of sp³-hybridized carbons (Fsp3) is 0.600. The second-order valence-corrected chi connectivity index (χ2v) is 4.77. The van der Waals surface area contributed by atoms with Crippen molar-refractivity contribution in [3.8, 4) is 5.75 Å².